The molecule has 0 aliphatic heterocycles. The average Bonchev–Trinajstić information content (AvgIpc) is 3.18. The first-order valence-corrected chi connectivity index (χ1v) is 7.44. The second kappa shape index (κ2) is 6.20. The van der Waals surface area contributed by atoms with Gasteiger partial charge in [0.15, 0.2) is 0 Å². The van der Waals surface area contributed by atoms with Gasteiger partial charge in [-0.1, -0.05) is 18.2 Å². The Labute approximate surface area is 131 Å². The monoisotopic (exact) mass is 295 g/mol. The highest BCUT2D eigenvalue weighted by Gasteiger charge is 2.11. The molecule has 4 nitrogen and oxygen atoms in total. The maximum atomic E-state index is 5.15. The predicted octanol–water partition coefficient (Wildman–Crippen LogP) is 3.81. The molecule has 1 aromatic carbocycles. The van der Waals surface area contributed by atoms with Crippen LogP contribution in [0.5, 0.6) is 0 Å². The molecule has 0 aliphatic carbocycles. The van der Waals surface area contributed by atoms with Gasteiger partial charge in [-0.05, 0) is 38.7 Å². The van der Waals surface area contributed by atoms with E-state index < -0.39 is 0 Å². The van der Waals surface area contributed by atoms with Crippen molar-refractivity contribution in [2.24, 2.45) is 0 Å². The van der Waals surface area contributed by atoms with E-state index in [1.165, 1.54) is 5.56 Å². The van der Waals surface area contributed by atoms with Crippen LogP contribution in [-0.2, 0) is 6.54 Å². The number of imidazole rings is 1. The zero-order chi connectivity index (χ0) is 15.5. The fourth-order valence-corrected chi connectivity index (χ4v) is 2.51. The molecule has 22 heavy (non-hydrogen) atoms. The van der Waals surface area contributed by atoms with Gasteiger partial charge >= 0.3 is 0 Å². The van der Waals surface area contributed by atoms with E-state index in [0.29, 0.717) is 6.04 Å². The third-order valence-electron chi connectivity index (χ3n) is 4.05. The van der Waals surface area contributed by atoms with Crippen LogP contribution in [0.1, 0.15) is 24.1 Å². The first-order valence-electron chi connectivity index (χ1n) is 7.44. The first-order chi connectivity index (χ1) is 10.6. The Morgan fingerprint density at radius 1 is 1.27 bits per heavy atom. The second-order valence-corrected chi connectivity index (χ2v) is 5.78. The molecule has 114 valence electrons. The minimum atomic E-state index is 0.372. The molecule has 1 atom stereocenters. The van der Waals surface area contributed by atoms with Crippen LogP contribution < -0.4 is 0 Å². The molecule has 0 saturated carbocycles. The molecule has 0 radical (unpaired) electrons. The van der Waals surface area contributed by atoms with Gasteiger partial charge in [0.25, 0.3) is 0 Å². The zero-order valence-electron chi connectivity index (χ0n) is 13.2. The standard InChI is InChI=1S/C18H21N3O/c1-14(20(2)3)16-5-4-6-17(11-16)18-19-8-9-21(18)12-15-7-10-22-13-15/h4-11,13-14H,12H2,1-3H3/t14-/m1/s1. The van der Waals surface area contributed by atoms with Crippen molar-refractivity contribution in [2.45, 2.75) is 19.5 Å². The van der Waals surface area contributed by atoms with Crippen LogP contribution in [0.4, 0.5) is 0 Å². The molecular weight excluding hydrogens is 274 g/mol. The Balaban J connectivity index is 1.92. The molecule has 3 aromatic rings. The summed E-state index contributed by atoms with van der Waals surface area (Å²) in [5.41, 5.74) is 3.57. The number of hydrogen-bond donors (Lipinski definition) is 0. The molecule has 2 aromatic heterocycles. The lowest BCUT2D eigenvalue weighted by Gasteiger charge is -2.20. The second-order valence-electron chi connectivity index (χ2n) is 5.78. The Morgan fingerprint density at radius 2 is 2.14 bits per heavy atom. The molecule has 0 spiro atoms. The highest BCUT2D eigenvalue weighted by molar-refractivity contribution is 5.57. The Kier molecular flexibility index (Phi) is 4.11. The summed E-state index contributed by atoms with van der Waals surface area (Å²) in [6.07, 6.45) is 7.32. The summed E-state index contributed by atoms with van der Waals surface area (Å²) in [6.45, 7) is 2.97. The van der Waals surface area contributed by atoms with Gasteiger partial charge in [-0.3, -0.25) is 0 Å². The predicted molar refractivity (Wildman–Crippen MR) is 87.6 cm³/mol. The quantitative estimate of drug-likeness (QED) is 0.717. The zero-order valence-corrected chi connectivity index (χ0v) is 13.2. The number of aromatic nitrogens is 2. The topological polar surface area (TPSA) is 34.2 Å². The van der Waals surface area contributed by atoms with Crippen molar-refractivity contribution >= 4 is 0 Å². The lowest BCUT2D eigenvalue weighted by molar-refractivity contribution is 0.321. The molecule has 0 N–H and O–H groups in total. The number of nitrogens with zero attached hydrogens (tertiary/aromatic N) is 3. The molecule has 3 rings (SSSR count). The number of hydrogen-bond acceptors (Lipinski definition) is 3. The van der Waals surface area contributed by atoms with Crippen molar-refractivity contribution in [1.29, 1.82) is 0 Å². The number of furan rings is 1. The van der Waals surface area contributed by atoms with E-state index in [0.717, 1.165) is 23.5 Å². The third kappa shape index (κ3) is 2.97. The Bertz CT molecular complexity index is 728. The summed E-state index contributed by atoms with van der Waals surface area (Å²) in [7, 11) is 4.19. The van der Waals surface area contributed by atoms with E-state index in [2.05, 4.69) is 59.7 Å². The molecule has 0 saturated heterocycles. The van der Waals surface area contributed by atoms with Crippen molar-refractivity contribution in [2.75, 3.05) is 14.1 Å². The summed E-state index contributed by atoms with van der Waals surface area (Å²) in [4.78, 5) is 6.74. The van der Waals surface area contributed by atoms with Crippen LogP contribution in [0.2, 0.25) is 0 Å². The van der Waals surface area contributed by atoms with Crippen LogP contribution in [0.15, 0.2) is 59.7 Å². The van der Waals surface area contributed by atoms with E-state index in [1.54, 1.807) is 12.5 Å². The molecule has 4 heteroatoms. The molecular formula is C18H21N3O. The van der Waals surface area contributed by atoms with Gasteiger partial charge in [0.05, 0.1) is 19.1 Å². The van der Waals surface area contributed by atoms with E-state index in [4.69, 9.17) is 4.42 Å². The van der Waals surface area contributed by atoms with Crippen LogP contribution in [0.3, 0.4) is 0 Å². The van der Waals surface area contributed by atoms with E-state index in [9.17, 15) is 0 Å². The molecule has 0 aliphatic rings. The van der Waals surface area contributed by atoms with Crippen molar-refractivity contribution in [3.8, 4) is 11.4 Å². The summed E-state index contributed by atoms with van der Waals surface area (Å²) >= 11 is 0. The van der Waals surface area contributed by atoms with Crippen LogP contribution in [0.25, 0.3) is 11.4 Å². The maximum Gasteiger partial charge on any atom is 0.140 e. The van der Waals surface area contributed by atoms with Gasteiger partial charge in [-0.15, -0.1) is 0 Å². The molecule has 2 heterocycles. The van der Waals surface area contributed by atoms with Gasteiger partial charge in [-0.25, -0.2) is 4.98 Å². The summed E-state index contributed by atoms with van der Waals surface area (Å²) in [5, 5.41) is 0. The summed E-state index contributed by atoms with van der Waals surface area (Å²) in [6, 6.07) is 10.9. The van der Waals surface area contributed by atoms with Gasteiger partial charge < -0.3 is 13.9 Å². The third-order valence-corrected chi connectivity index (χ3v) is 4.05. The largest absolute Gasteiger partial charge is 0.472 e. The van der Waals surface area contributed by atoms with Crippen molar-refractivity contribution in [3.63, 3.8) is 0 Å². The van der Waals surface area contributed by atoms with Gasteiger partial charge in [0, 0.05) is 29.6 Å². The lowest BCUT2D eigenvalue weighted by Crippen LogP contribution is -2.16. The van der Waals surface area contributed by atoms with Gasteiger partial charge in [-0.2, -0.15) is 0 Å². The fraction of sp³-hybridized carbons (Fsp3) is 0.278. The maximum absolute atomic E-state index is 5.15. The van der Waals surface area contributed by atoms with Crippen molar-refractivity contribution in [3.05, 3.63) is 66.4 Å². The number of benzene rings is 1. The van der Waals surface area contributed by atoms with E-state index >= 15 is 0 Å². The minimum Gasteiger partial charge on any atom is -0.472 e. The van der Waals surface area contributed by atoms with Crippen LogP contribution in [0, 0.1) is 0 Å². The Hall–Kier alpha value is -2.33. The SMILES string of the molecule is C[C@H](c1cccc(-c2nccn2Cc2ccoc2)c1)N(C)C. The van der Waals surface area contributed by atoms with Crippen molar-refractivity contribution in [1.82, 2.24) is 14.5 Å². The van der Waals surface area contributed by atoms with Crippen molar-refractivity contribution < 1.29 is 4.42 Å². The number of rotatable bonds is 5. The molecule has 0 unspecified atom stereocenters. The van der Waals surface area contributed by atoms with Crippen LogP contribution >= 0.6 is 0 Å². The first kappa shape index (κ1) is 14.6. The fourth-order valence-electron chi connectivity index (χ4n) is 2.51. The van der Waals surface area contributed by atoms with Gasteiger partial charge in [0.1, 0.15) is 5.82 Å². The smallest absolute Gasteiger partial charge is 0.140 e. The highest BCUT2D eigenvalue weighted by Crippen LogP contribution is 2.24. The molecule has 0 amide bonds. The van der Waals surface area contributed by atoms with Gasteiger partial charge in [0.2, 0.25) is 0 Å². The minimum absolute atomic E-state index is 0.372. The van der Waals surface area contributed by atoms with Crippen LogP contribution in [-0.4, -0.2) is 28.5 Å². The van der Waals surface area contributed by atoms with E-state index in [1.807, 2.05) is 18.5 Å². The average molecular weight is 295 g/mol. The lowest BCUT2D eigenvalue weighted by atomic mass is 10.0. The molecule has 0 bridgehead atoms. The highest BCUT2D eigenvalue weighted by atomic mass is 16.3. The summed E-state index contributed by atoms with van der Waals surface area (Å²) in [5.74, 6) is 0.981. The normalized spacial score (nSPS) is 12.7. The summed E-state index contributed by atoms with van der Waals surface area (Å²) < 4.78 is 7.29. The Morgan fingerprint density at radius 3 is 2.86 bits per heavy atom. The van der Waals surface area contributed by atoms with E-state index in [-0.39, 0.29) is 0 Å². The molecule has 0 fully saturated rings.